The highest BCUT2D eigenvalue weighted by Gasteiger charge is 2.16. The molecule has 0 bridgehead atoms. The second kappa shape index (κ2) is 11.1. The first-order chi connectivity index (χ1) is 14.3. The van der Waals surface area contributed by atoms with E-state index in [-0.39, 0.29) is 11.8 Å². The molecule has 0 aromatic heterocycles. The molecule has 2 N–H and O–H groups in total. The zero-order valence-corrected chi connectivity index (χ0v) is 18.7. The lowest BCUT2D eigenvalue weighted by molar-refractivity contribution is 0.126. The number of rotatable bonds is 11. The van der Waals surface area contributed by atoms with Crippen LogP contribution in [-0.2, 0) is 0 Å². The third-order valence-electron chi connectivity index (χ3n) is 4.92. The fourth-order valence-corrected chi connectivity index (χ4v) is 3.05. The van der Waals surface area contributed by atoms with Gasteiger partial charge in [0.25, 0.3) is 0 Å². The number of hydrogen-bond donors (Lipinski definition) is 2. The minimum Gasteiger partial charge on any atom is -0.493 e. The topological polar surface area (TPSA) is 77.4 Å². The average molecular weight is 419 g/mol. The smallest absolute Gasteiger partial charge is 0.161 e. The van der Waals surface area contributed by atoms with Gasteiger partial charge >= 0.3 is 0 Å². The fourth-order valence-electron chi connectivity index (χ4n) is 3.05. The van der Waals surface area contributed by atoms with Gasteiger partial charge in [-0.3, -0.25) is 0 Å². The summed E-state index contributed by atoms with van der Waals surface area (Å²) in [5.74, 6) is 2.52. The van der Waals surface area contributed by atoms with Crippen molar-refractivity contribution in [2.45, 2.75) is 39.9 Å². The van der Waals surface area contributed by atoms with Gasteiger partial charge in [0.2, 0.25) is 0 Å². The lowest BCUT2D eigenvalue weighted by atomic mass is 9.99. The van der Waals surface area contributed by atoms with E-state index in [1.165, 1.54) is 0 Å². The van der Waals surface area contributed by atoms with Gasteiger partial charge in [-0.15, -0.1) is 0 Å². The summed E-state index contributed by atoms with van der Waals surface area (Å²) in [6.45, 7) is 8.46. The van der Waals surface area contributed by atoms with Gasteiger partial charge in [-0.25, -0.2) is 0 Å². The maximum Gasteiger partial charge on any atom is 0.161 e. The summed E-state index contributed by atoms with van der Waals surface area (Å²) < 4.78 is 22.4. The predicted molar refractivity (Wildman–Crippen MR) is 117 cm³/mol. The standard InChI is InChI=1S/C24H34O6/c1-15(2)23(25)17-7-9-19(21(13-17)27-5)29-11-12-30-20-10-8-18(14-22(20)28-6)24(26)16(3)4/h7-10,13-16,23-26H,11-12H2,1-6H3. The molecule has 30 heavy (non-hydrogen) atoms. The van der Waals surface area contributed by atoms with Crippen LogP contribution in [0.2, 0.25) is 0 Å². The van der Waals surface area contributed by atoms with E-state index in [1.807, 2.05) is 39.8 Å². The molecule has 0 saturated carbocycles. The fraction of sp³-hybridized carbons (Fsp3) is 0.500. The van der Waals surface area contributed by atoms with E-state index < -0.39 is 12.2 Å². The summed E-state index contributed by atoms with van der Waals surface area (Å²) >= 11 is 0. The molecular formula is C24H34O6. The van der Waals surface area contributed by atoms with Crippen LogP contribution in [0.1, 0.15) is 51.0 Å². The molecule has 6 heteroatoms. The van der Waals surface area contributed by atoms with E-state index in [0.29, 0.717) is 36.2 Å². The van der Waals surface area contributed by atoms with E-state index >= 15 is 0 Å². The zero-order valence-electron chi connectivity index (χ0n) is 18.7. The van der Waals surface area contributed by atoms with Gasteiger partial charge in [0.05, 0.1) is 26.4 Å². The van der Waals surface area contributed by atoms with Gasteiger partial charge in [-0.1, -0.05) is 39.8 Å². The Balaban J connectivity index is 1.98. The number of benzene rings is 2. The summed E-state index contributed by atoms with van der Waals surface area (Å²) in [7, 11) is 3.14. The van der Waals surface area contributed by atoms with Gasteiger partial charge < -0.3 is 29.2 Å². The van der Waals surface area contributed by atoms with Gasteiger partial charge in [-0.2, -0.15) is 0 Å². The van der Waals surface area contributed by atoms with Crippen LogP contribution in [-0.4, -0.2) is 37.6 Å². The van der Waals surface area contributed by atoms with E-state index in [1.54, 1.807) is 38.5 Å². The molecule has 2 aromatic carbocycles. The molecular weight excluding hydrogens is 384 g/mol. The minimum absolute atomic E-state index is 0.109. The number of methoxy groups -OCH3 is 2. The highest BCUT2D eigenvalue weighted by atomic mass is 16.5. The molecule has 0 aliphatic heterocycles. The Labute approximate surface area is 179 Å². The molecule has 2 atom stereocenters. The zero-order chi connectivity index (χ0) is 22.3. The van der Waals surface area contributed by atoms with Gasteiger partial charge in [0.1, 0.15) is 13.2 Å². The van der Waals surface area contributed by atoms with E-state index in [9.17, 15) is 10.2 Å². The summed E-state index contributed by atoms with van der Waals surface area (Å²) in [6.07, 6.45) is -1.11. The first-order valence-electron chi connectivity index (χ1n) is 10.3. The molecule has 0 aliphatic carbocycles. The van der Waals surface area contributed by atoms with Crippen molar-refractivity contribution in [3.8, 4) is 23.0 Å². The van der Waals surface area contributed by atoms with Crippen molar-refractivity contribution in [1.29, 1.82) is 0 Å². The average Bonchev–Trinajstić information content (AvgIpc) is 2.75. The van der Waals surface area contributed by atoms with Crippen LogP contribution in [0, 0.1) is 11.8 Å². The van der Waals surface area contributed by atoms with Crippen LogP contribution in [0.3, 0.4) is 0 Å². The predicted octanol–water partition coefficient (Wildman–Crippen LogP) is 4.54. The SMILES string of the molecule is COc1cc(C(O)C(C)C)ccc1OCCOc1ccc(C(O)C(C)C)cc1OC. The van der Waals surface area contributed by atoms with Gasteiger partial charge in [0, 0.05) is 0 Å². The molecule has 0 radical (unpaired) electrons. The minimum atomic E-state index is -0.555. The Kier molecular flexibility index (Phi) is 8.81. The number of aliphatic hydroxyl groups excluding tert-OH is 2. The molecule has 2 rings (SSSR count). The van der Waals surface area contributed by atoms with Crippen LogP contribution in [0.25, 0.3) is 0 Å². The van der Waals surface area contributed by atoms with E-state index in [2.05, 4.69) is 0 Å². The monoisotopic (exact) mass is 418 g/mol. The van der Waals surface area contributed by atoms with Crippen LogP contribution < -0.4 is 18.9 Å². The number of aliphatic hydroxyl groups is 2. The van der Waals surface area contributed by atoms with Crippen LogP contribution >= 0.6 is 0 Å². The van der Waals surface area contributed by atoms with Crippen molar-refractivity contribution in [1.82, 2.24) is 0 Å². The Bertz CT molecular complexity index is 735. The van der Waals surface area contributed by atoms with Crippen molar-refractivity contribution in [2.24, 2.45) is 11.8 Å². The first-order valence-corrected chi connectivity index (χ1v) is 10.3. The summed E-state index contributed by atoms with van der Waals surface area (Å²) in [5.41, 5.74) is 1.58. The molecule has 166 valence electrons. The van der Waals surface area contributed by atoms with Crippen molar-refractivity contribution in [2.75, 3.05) is 27.4 Å². The largest absolute Gasteiger partial charge is 0.493 e. The van der Waals surface area contributed by atoms with Crippen LogP contribution in [0.15, 0.2) is 36.4 Å². The Morgan fingerprint density at radius 1 is 0.633 bits per heavy atom. The summed E-state index contributed by atoms with van der Waals surface area (Å²) in [6, 6.07) is 10.9. The third kappa shape index (κ3) is 6.03. The van der Waals surface area contributed by atoms with E-state index in [0.717, 1.165) is 11.1 Å². The maximum absolute atomic E-state index is 10.2. The quantitative estimate of drug-likeness (QED) is 0.522. The second-order valence-electron chi connectivity index (χ2n) is 7.90. The molecule has 2 unspecified atom stereocenters. The van der Waals surface area contributed by atoms with Crippen LogP contribution in [0.4, 0.5) is 0 Å². The first kappa shape index (κ1) is 23.8. The van der Waals surface area contributed by atoms with Crippen molar-refractivity contribution >= 4 is 0 Å². The number of hydrogen-bond acceptors (Lipinski definition) is 6. The van der Waals surface area contributed by atoms with Crippen molar-refractivity contribution < 1.29 is 29.2 Å². The van der Waals surface area contributed by atoms with Crippen LogP contribution in [0.5, 0.6) is 23.0 Å². The number of ether oxygens (including phenoxy) is 4. The Morgan fingerprint density at radius 3 is 1.30 bits per heavy atom. The molecule has 0 fully saturated rings. The lowest BCUT2D eigenvalue weighted by Crippen LogP contribution is -2.11. The molecule has 0 heterocycles. The van der Waals surface area contributed by atoms with E-state index in [4.69, 9.17) is 18.9 Å². The Morgan fingerprint density at radius 2 is 1.00 bits per heavy atom. The van der Waals surface area contributed by atoms with Crippen molar-refractivity contribution in [3.05, 3.63) is 47.5 Å². The third-order valence-corrected chi connectivity index (χ3v) is 4.92. The molecule has 0 saturated heterocycles. The van der Waals surface area contributed by atoms with Gasteiger partial charge in [0.15, 0.2) is 23.0 Å². The molecule has 0 aliphatic rings. The molecule has 0 spiro atoms. The summed E-state index contributed by atoms with van der Waals surface area (Å²) in [5, 5.41) is 20.5. The van der Waals surface area contributed by atoms with Gasteiger partial charge in [-0.05, 0) is 47.2 Å². The molecule has 6 nitrogen and oxygen atoms in total. The summed E-state index contributed by atoms with van der Waals surface area (Å²) in [4.78, 5) is 0. The normalized spacial score (nSPS) is 13.3. The maximum atomic E-state index is 10.2. The highest BCUT2D eigenvalue weighted by Crippen LogP contribution is 2.34. The Hall–Kier alpha value is -2.44. The van der Waals surface area contributed by atoms with Crippen molar-refractivity contribution in [3.63, 3.8) is 0 Å². The highest BCUT2D eigenvalue weighted by molar-refractivity contribution is 5.44. The lowest BCUT2D eigenvalue weighted by Gasteiger charge is -2.18. The second-order valence-corrected chi connectivity index (χ2v) is 7.90. The molecule has 2 aromatic rings. The molecule has 0 amide bonds.